The molecule has 0 spiro atoms. The molecule has 0 radical (unpaired) electrons. The first-order chi connectivity index (χ1) is 22.6. The number of aromatic nitrogens is 3. The summed E-state index contributed by atoms with van der Waals surface area (Å²) in [6.07, 6.45) is 0.618. The van der Waals surface area contributed by atoms with Gasteiger partial charge >= 0.3 is 0 Å². The minimum absolute atomic E-state index is 0.0121. The molecule has 0 saturated carbocycles. The number of halogens is 3. The van der Waals surface area contributed by atoms with Gasteiger partial charge in [0.2, 0.25) is 21.8 Å². The van der Waals surface area contributed by atoms with Crippen LogP contribution in [0.5, 0.6) is 11.5 Å². The maximum absolute atomic E-state index is 14.9. The van der Waals surface area contributed by atoms with Crippen LogP contribution in [0.4, 0.5) is 13.2 Å². The normalized spacial score (nSPS) is 13.1. The van der Waals surface area contributed by atoms with E-state index in [1.54, 1.807) is 55.5 Å². The largest absolute Gasteiger partial charge is 0.454 e. The molecule has 1 aliphatic rings. The van der Waals surface area contributed by atoms with Crippen molar-refractivity contribution in [2.45, 2.75) is 37.8 Å². The van der Waals surface area contributed by atoms with Gasteiger partial charge in [0, 0.05) is 29.1 Å². The van der Waals surface area contributed by atoms with Crippen LogP contribution in [-0.2, 0) is 27.7 Å². The predicted molar refractivity (Wildman–Crippen MR) is 165 cm³/mol. The first-order valence-corrected chi connectivity index (χ1v) is 16.2. The number of hydrogen-bond acceptors (Lipinski definition) is 8. The van der Waals surface area contributed by atoms with Gasteiger partial charge in [-0.25, -0.2) is 31.6 Å². The van der Waals surface area contributed by atoms with Gasteiger partial charge in [0.05, 0.1) is 30.7 Å². The molecule has 3 heterocycles. The zero-order valence-corrected chi connectivity index (χ0v) is 25.8. The number of ether oxygens (including phenoxy) is 3. The number of aryl methyl sites for hydroxylation is 1. The molecule has 0 amide bonds. The third-order valence-electron chi connectivity index (χ3n) is 7.52. The lowest BCUT2D eigenvalue weighted by molar-refractivity contribution is 0.0360. The van der Waals surface area contributed by atoms with E-state index in [9.17, 15) is 26.4 Å². The molecule has 242 valence electrons. The Morgan fingerprint density at radius 2 is 1.70 bits per heavy atom. The first kappa shape index (κ1) is 32.0. The monoisotopic (exact) mass is 663 g/mol. The first-order valence-electron chi connectivity index (χ1n) is 14.5. The number of pyridine rings is 1. The molecule has 6 rings (SSSR count). The van der Waals surface area contributed by atoms with E-state index >= 15 is 0 Å². The van der Waals surface area contributed by atoms with Crippen molar-refractivity contribution in [1.29, 1.82) is 0 Å². The van der Waals surface area contributed by atoms with E-state index in [1.165, 1.54) is 22.9 Å². The Balaban J connectivity index is 1.24. The van der Waals surface area contributed by atoms with Gasteiger partial charge in [-0.05, 0) is 54.8 Å². The Morgan fingerprint density at radius 1 is 0.915 bits per heavy atom. The Morgan fingerprint density at radius 3 is 2.49 bits per heavy atom. The molecule has 3 aromatic carbocycles. The van der Waals surface area contributed by atoms with E-state index in [-0.39, 0.29) is 43.2 Å². The second-order valence-electron chi connectivity index (χ2n) is 10.9. The molecule has 13 heteroatoms. The molecule has 0 bridgehead atoms. The molecule has 2 aromatic heterocycles. The van der Waals surface area contributed by atoms with Crippen LogP contribution in [-0.4, -0.2) is 35.5 Å². The van der Waals surface area contributed by atoms with Crippen molar-refractivity contribution >= 4 is 9.84 Å². The van der Waals surface area contributed by atoms with Crippen molar-refractivity contribution in [3.05, 3.63) is 135 Å². The zero-order valence-electron chi connectivity index (χ0n) is 25.0. The molecule has 1 atom stereocenters. The second kappa shape index (κ2) is 13.4. The topological polar surface area (TPSA) is 110 Å². The molecule has 0 N–H and O–H groups in total. The van der Waals surface area contributed by atoms with E-state index < -0.39 is 49.9 Å². The number of rotatable bonds is 11. The molecule has 47 heavy (non-hydrogen) atoms. The van der Waals surface area contributed by atoms with Crippen molar-refractivity contribution in [2.24, 2.45) is 0 Å². The number of sulfone groups is 1. The standard InChI is InChI=1S/C34H28F3N3O6S/c1-21-13-29(25-15-28(37)33(41)40(18-25)17-22-7-10-31-32(14-22)46-20-45-31)39-34(38-21)47(42,43)12-11-30(23-5-3-2-4-6-23)44-19-24-8-9-26(35)16-27(24)36/h2-10,13-16,18,30H,11-12,17,19-20H2,1H3. The highest BCUT2D eigenvalue weighted by Gasteiger charge is 2.24. The second-order valence-corrected chi connectivity index (χ2v) is 12.9. The van der Waals surface area contributed by atoms with Crippen LogP contribution >= 0.6 is 0 Å². The quantitative estimate of drug-likeness (QED) is 0.160. The van der Waals surface area contributed by atoms with Crippen LogP contribution in [0, 0.1) is 24.4 Å². The lowest BCUT2D eigenvalue weighted by atomic mass is 10.1. The minimum Gasteiger partial charge on any atom is -0.454 e. The summed E-state index contributed by atoms with van der Waals surface area (Å²) in [7, 11) is -4.11. The SMILES string of the molecule is Cc1cc(-c2cc(F)c(=O)n(Cc3ccc4c(c3)OCO4)c2)nc(S(=O)(=O)CCC(OCc2ccc(F)cc2F)c2ccccc2)n1. The third-order valence-corrected chi connectivity index (χ3v) is 9.03. The third kappa shape index (κ3) is 7.36. The maximum atomic E-state index is 14.9. The van der Waals surface area contributed by atoms with Crippen molar-refractivity contribution in [3.63, 3.8) is 0 Å². The molecule has 1 unspecified atom stereocenters. The van der Waals surface area contributed by atoms with Crippen LogP contribution < -0.4 is 15.0 Å². The van der Waals surface area contributed by atoms with E-state index in [0.29, 0.717) is 28.3 Å². The van der Waals surface area contributed by atoms with Gasteiger partial charge in [0.1, 0.15) is 11.6 Å². The van der Waals surface area contributed by atoms with Crippen LogP contribution in [0.3, 0.4) is 0 Å². The van der Waals surface area contributed by atoms with Gasteiger partial charge < -0.3 is 18.8 Å². The fourth-order valence-electron chi connectivity index (χ4n) is 5.12. The van der Waals surface area contributed by atoms with Gasteiger partial charge in [-0.15, -0.1) is 0 Å². The Hall–Kier alpha value is -5.01. The fraction of sp³-hybridized carbons (Fsp3) is 0.206. The highest BCUT2D eigenvalue weighted by molar-refractivity contribution is 7.91. The Kier molecular flexibility index (Phi) is 9.10. The predicted octanol–water partition coefficient (Wildman–Crippen LogP) is 5.93. The van der Waals surface area contributed by atoms with Crippen LogP contribution in [0.15, 0.2) is 95.0 Å². The van der Waals surface area contributed by atoms with Gasteiger partial charge in [-0.1, -0.05) is 42.5 Å². The average Bonchev–Trinajstić information content (AvgIpc) is 3.52. The van der Waals surface area contributed by atoms with Gasteiger partial charge in [0.25, 0.3) is 5.56 Å². The molecule has 5 aromatic rings. The summed E-state index contributed by atoms with van der Waals surface area (Å²) >= 11 is 0. The average molecular weight is 664 g/mol. The maximum Gasteiger partial charge on any atom is 0.286 e. The smallest absolute Gasteiger partial charge is 0.286 e. The Labute approximate surface area is 268 Å². The van der Waals surface area contributed by atoms with E-state index in [0.717, 1.165) is 18.2 Å². The van der Waals surface area contributed by atoms with Crippen LogP contribution in [0.1, 0.15) is 34.9 Å². The molecular weight excluding hydrogens is 635 g/mol. The summed E-state index contributed by atoms with van der Waals surface area (Å²) in [5.74, 6) is -1.89. The summed E-state index contributed by atoms with van der Waals surface area (Å²) in [4.78, 5) is 21.1. The number of fused-ring (bicyclic) bond motifs is 1. The fourth-order valence-corrected chi connectivity index (χ4v) is 6.35. The molecule has 1 aliphatic heterocycles. The minimum atomic E-state index is -4.11. The highest BCUT2D eigenvalue weighted by Crippen LogP contribution is 2.33. The molecule has 0 saturated heterocycles. The van der Waals surface area contributed by atoms with Gasteiger partial charge in [-0.3, -0.25) is 4.79 Å². The summed E-state index contributed by atoms with van der Waals surface area (Å²) in [6, 6.07) is 19.6. The zero-order chi connectivity index (χ0) is 33.1. The van der Waals surface area contributed by atoms with Gasteiger partial charge in [0.15, 0.2) is 17.3 Å². The van der Waals surface area contributed by atoms with Crippen molar-refractivity contribution in [2.75, 3.05) is 12.5 Å². The van der Waals surface area contributed by atoms with Gasteiger partial charge in [-0.2, -0.15) is 0 Å². The number of hydrogen-bond donors (Lipinski definition) is 0. The lowest BCUT2D eigenvalue weighted by Crippen LogP contribution is -2.23. The van der Waals surface area contributed by atoms with E-state index in [1.807, 2.05) is 0 Å². The number of nitrogens with zero attached hydrogens (tertiary/aromatic N) is 3. The molecular formula is C34H28F3N3O6S. The van der Waals surface area contributed by atoms with Crippen molar-refractivity contribution < 1.29 is 35.8 Å². The van der Waals surface area contributed by atoms with E-state index in [2.05, 4.69) is 9.97 Å². The molecule has 0 aliphatic carbocycles. The van der Waals surface area contributed by atoms with E-state index in [4.69, 9.17) is 14.2 Å². The lowest BCUT2D eigenvalue weighted by Gasteiger charge is -2.19. The summed E-state index contributed by atoms with van der Waals surface area (Å²) in [5, 5.41) is -0.474. The van der Waals surface area contributed by atoms with Crippen molar-refractivity contribution in [3.8, 4) is 22.8 Å². The van der Waals surface area contributed by atoms with Crippen LogP contribution in [0.2, 0.25) is 0 Å². The summed E-state index contributed by atoms with van der Waals surface area (Å²) in [5.41, 5.74) is 1.17. The van der Waals surface area contributed by atoms with Crippen LogP contribution in [0.25, 0.3) is 11.3 Å². The molecule has 9 nitrogen and oxygen atoms in total. The summed E-state index contributed by atoms with van der Waals surface area (Å²) < 4.78 is 87.5. The molecule has 0 fully saturated rings. The Bertz CT molecular complexity index is 2110. The highest BCUT2D eigenvalue weighted by atomic mass is 32.2. The number of benzene rings is 3. The van der Waals surface area contributed by atoms with Crippen molar-refractivity contribution in [1.82, 2.24) is 14.5 Å². The summed E-state index contributed by atoms with van der Waals surface area (Å²) in [6.45, 7) is 1.45.